The molecule has 11 rings (SSSR count). The molecule has 0 radical (unpaired) electrons. The Bertz CT molecular complexity index is 2890. The lowest BCUT2D eigenvalue weighted by molar-refractivity contribution is 0.570. The van der Waals surface area contributed by atoms with Crippen LogP contribution in [0.4, 0.5) is 5.69 Å². The van der Waals surface area contributed by atoms with Crippen molar-refractivity contribution < 1.29 is 8.83 Å². The first-order valence-corrected chi connectivity index (χ1v) is 19.4. The summed E-state index contributed by atoms with van der Waals surface area (Å²) in [6, 6.07) is 48.9. The third-order valence-corrected chi connectivity index (χ3v) is 10.7. The summed E-state index contributed by atoms with van der Waals surface area (Å²) in [5.74, 6) is 0.974. The maximum absolute atomic E-state index is 6.69. The van der Waals surface area contributed by atoms with E-state index in [9.17, 15) is 0 Å². The summed E-state index contributed by atoms with van der Waals surface area (Å²) >= 11 is 0. The van der Waals surface area contributed by atoms with Crippen molar-refractivity contribution in [2.45, 2.75) is 46.3 Å². The summed E-state index contributed by atoms with van der Waals surface area (Å²) < 4.78 is 15.6. The number of aliphatic imine (C=N–C) groups is 1. The van der Waals surface area contributed by atoms with Gasteiger partial charge in [0.05, 0.1) is 11.2 Å². The van der Waals surface area contributed by atoms with Crippen LogP contribution in [-0.4, -0.2) is 10.3 Å². The SMILES string of the molecule is C=CCC.CC.c1ccc(C2=NC(n3c4c(c5ccc(-c6cccc7c6oc6ccccc67)cc53)-c3oc5ccccc5c3CC4)Nc3ccccc32)cc1. The lowest BCUT2D eigenvalue weighted by Gasteiger charge is -2.29. The van der Waals surface area contributed by atoms with Gasteiger partial charge in [0.25, 0.3) is 0 Å². The lowest BCUT2D eigenvalue weighted by atomic mass is 9.92. The fraction of sp³-hybridized carbons (Fsp3) is 0.140. The van der Waals surface area contributed by atoms with Gasteiger partial charge in [-0.05, 0) is 49.1 Å². The molecule has 0 amide bonds. The molecule has 9 aromatic rings. The third kappa shape index (κ3) is 5.66. The topological polar surface area (TPSA) is 55.6 Å². The highest BCUT2D eigenvalue weighted by Gasteiger charge is 2.33. The first kappa shape index (κ1) is 34.2. The van der Waals surface area contributed by atoms with Crippen LogP contribution in [0.25, 0.3) is 66.3 Å². The van der Waals surface area contributed by atoms with E-state index < -0.39 is 0 Å². The van der Waals surface area contributed by atoms with Crippen LogP contribution in [0.5, 0.6) is 0 Å². The van der Waals surface area contributed by atoms with E-state index in [0.29, 0.717) is 0 Å². The maximum atomic E-state index is 6.69. The van der Waals surface area contributed by atoms with Gasteiger partial charge in [-0.15, -0.1) is 6.58 Å². The van der Waals surface area contributed by atoms with Crippen molar-refractivity contribution >= 4 is 55.2 Å². The number of nitrogens with zero attached hydrogens (tertiary/aromatic N) is 2. The normalized spacial score (nSPS) is 14.2. The Morgan fingerprint density at radius 2 is 1.36 bits per heavy atom. The Hall–Kier alpha value is -6.59. The molecule has 1 aliphatic heterocycles. The second-order valence-electron chi connectivity index (χ2n) is 13.7. The lowest BCUT2D eigenvalue weighted by Crippen LogP contribution is -2.26. The molecule has 0 fully saturated rings. The smallest absolute Gasteiger partial charge is 0.201 e. The first-order valence-electron chi connectivity index (χ1n) is 19.4. The Balaban J connectivity index is 0.000000624. The number of aryl methyl sites for hydroxylation is 1. The number of rotatable bonds is 4. The summed E-state index contributed by atoms with van der Waals surface area (Å²) in [5.41, 5.74) is 14.0. The summed E-state index contributed by atoms with van der Waals surface area (Å²) in [6.07, 6.45) is 4.38. The number of para-hydroxylation sites is 4. The summed E-state index contributed by atoms with van der Waals surface area (Å²) in [6.45, 7) is 9.54. The van der Waals surface area contributed by atoms with E-state index in [1.165, 1.54) is 16.6 Å². The van der Waals surface area contributed by atoms with E-state index in [0.717, 1.165) is 103 Å². The number of nitrogens with one attached hydrogen (secondary N) is 1. The number of allylic oxidation sites excluding steroid dienone is 1. The van der Waals surface area contributed by atoms with Crippen molar-refractivity contribution in [3.63, 3.8) is 0 Å². The second-order valence-corrected chi connectivity index (χ2v) is 13.7. The van der Waals surface area contributed by atoms with Gasteiger partial charge in [-0.2, -0.15) is 0 Å². The molecule has 0 saturated heterocycles. The minimum atomic E-state index is -0.362. The number of fused-ring (bicyclic) bond motifs is 11. The number of furan rings is 2. The molecule has 0 spiro atoms. The molecule has 0 saturated carbocycles. The van der Waals surface area contributed by atoms with Gasteiger partial charge in [-0.3, -0.25) is 0 Å². The van der Waals surface area contributed by atoms with Crippen LogP contribution in [0.3, 0.4) is 0 Å². The van der Waals surface area contributed by atoms with Gasteiger partial charge >= 0.3 is 0 Å². The Labute approximate surface area is 321 Å². The van der Waals surface area contributed by atoms with Crippen molar-refractivity contribution in [2.24, 2.45) is 4.99 Å². The molecule has 2 aliphatic rings. The number of aromatic nitrogens is 1. The zero-order valence-electron chi connectivity index (χ0n) is 31.5. The molecule has 3 aromatic heterocycles. The van der Waals surface area contributed by atoms with Crippen molar-refractivity contribution in [1.29, 1.82) is 0 Å². The van der Waals surface area contributed by atoms with Crippen LogP contribution in [0, 0.1) is 0 Å². The van der Waals surface area contributed by atoms with Gasteiger partial charge in [0, 0.05) is 60.7 Å². The molecule has 1 aliphatic carbocycles. The fourth-order valence-corrected chi connectivity index (χ4v) is 8.20. The molecular formula is C50H43N3O2. The predicted octanol–water partition coefficient (Wildman–Crippen LogP) is 13.7. The van der Waals surface area contributed by atoms with Gasteiger partial charge in [0.1, 0.15) is 22.5 Å². The van der Waals surface area contributed by atoms with Crippen LogP contribution in [0.2, 0.25) is 0 Å². The number of benzene rings is 6. The van der Waals surface area contributed by atoms with E-state index in [4.69, 9.17) is 13.8 Å². The summed E-state index contributed by atoms with van der Waals surface area (Å²) in [5, 5.41) is 8.44. The van der Waals surface area contributed by atoms with Gasteiger partial charge < -0.3 is 18.7 Å². The van der Waals surface area contributed by atoms with Gasteiger partial charge in [0.15, 0.2) is 0 Å². The highest BCUT2D eigenvalue weighted by molar-refractivity contribution is 6.17. The average molecular weight is 718 g/mol. The molecule has 4 heterocycles. The summed E-state index contributed by atoms with van der Waals surface area (Å²) in [4.78, 5) is 5.49. The van der Waals surface area contributed by atoms with Crippen LogP contribution >= 0.6 is 0 Å². The molecule has 55 heavy (non-hydrogen) atoms. The molecule has 5 nitrogen and oxygen atoms in total. The first-order chi connectivity index (χ1) is 27.2. The minimum Gasteiger partial charge on any atom is -0.456 e. The van der Waals surface area contributed by atoms with E-state index in [1.807, 2.05) is 32.1 Å². The van der Waals surface area contributed by atoms with Gasteiger partial charge in [-0.25, -0.2) is 4.99 Å². The van der Waals surface area contributed by atoms with Crippen molar-refractivity contribution in [2.75, 3.05) is 5.32 Å². The Kier molecular flexibility index (Phi) is 8.91. The largest absolute Gasteiger partial charge is 0.456 e. The minimum absolute atomic E-state index is 0.362. The van der Waals surface area contributed by atoms with E-state index in [1.54, 1.807) is 0 Å². The molecule has 6 aromatic carbocycles. The highest BCUT2D eigenvalue weighted by Crippen LogP contribution is 2.48. The zero-order chi connectivity index (χ0) is 37.5. The monoisotopic (exact) mass is 717 g/mol. The second kappa shape index (κ2) is 14.3. The number of hydrogen-bond acceptors (Lipinski definition) is 4. The zero-order valence-corrected chi connectivity index (χ0v) is 31.5. The van der Waals surface area contributed by atoms with Crippen LogP contribution in [-0.2, 0) is 12.8 Å². The third-order valence-electron chi connectivity index (χ3n) is 10.7. The maximum Gasteiger partial charge on any atom is 0.201 e. The van der Waals surface area contributed by atoms with Crippen molar-refractivity contribution in [1.82, 2.24) is 4.57 Å². The number of hydrogen-bond donors (Lipinski definition) is 1. The molecule has 1 atom stereocenters. The predicted molar refractivity (Wildman–Crippen MR) is 230 cm³/mol. The molecular weight excluding hydrogens is 675 g/mol. The fourth-order valence-electron chi connectivity index (χ4n) is 8.20. The molecule has 1 N–H and O–H groups in total. The van der Waals surface area contributed by atoms with Crippen LogP contribution in [0.1, 0.15) is 55.9 Å². The quantitative estimate of drug-likeness (QED) is 0.184. The van der Waals surface area contributed by atoms with Crippen LogP contribution in [0.15, 0.2) is 166 Å². The number of anilines is 1. The standard InChI is InChI=1S/C44H29N3O2.C4H8.C2H6/c1-2-11-26(12-3-1)41-33-15-4-7-18-35(33)45-44(46-41)47-36-24-23-32-30-14-6-9-20-39(30)49-43(32)40(36)34-22-21-27(25-37(34)47)28-16-10-17-31-29-13-5-8-19-38(29)48-42(28)31;1-3-4-2;1-2/h1-22,25,44-45H,23-24H2;3H,1,4H2,2H3;1-2H3. The van der Waals surface area contributed by atoms with Gasteiger partial charge in [-0.1, -0.05) is 142 Å². The van der Waals surface area contributed by atoms with E-state index in [-0.39, 0.29) is 6.29 Å². The molecule has 5 heteroatoms. The van der Waals surface area contributed by atoms with Gasteiger partial charge in [0.2, 0.25) is 6.29 Å². The Morgan fingerprint density at radius 3 is 2.16 bits per heavy atom. The average Bonchev–Trinajstić information content (AvgIpc) is 3.93. The highest BCUT2D eigenvalue weighted by atomic mass is 16.3. The molecule has 0 bridgehead atoms. The van der Waals surface area contributed by atoms with E-state index in [2.05, 4.69) is 151 Å². The van der Waals surface area contributed by atoms with Crippen molar-refractivity contribution in [3.05, 3.63) is 175 Å². The van der Waals surface area contributed by atoms with Crippen LogP contribution < -0.4 is 5.32 Å². The van der Waals surface area contributed by atoms with Crippen molar-refractivity contribution in [3.8, 4) is 22.5 Å². The Morgan fingerprint density at radius 1 is 0.691 bits per heavy atom. The molecule has 270 valence electrons. The van der Waals surface area contributed by atoms with E-state index >= 15 is 0 Å². The summed E-state index contributed by atoms with van der Waals surface area (Å²) in [7, 11) is 0. The molecule has 1 unspecified atom stereocenters.